The van der Waals surface area contributed by atoms with Crippen LogP contribution in [0.3, 0.4) is 0 Å². The second kappa shape index (κ2) is 4.94. The highest BCUT2D eigenvalue weighted by molar-refractivity contribution is 7.91. The lowest BCUT2D eigenvalue weighted by molar-refractivity contribution is -0.135. The summed E-state index contributed by atoms with van der Waals surface area (Å²) >= 11 is 0. The van der Waals surface area contributed by atoms with Gasteiger partial charge in [-0.2, -0.15) is 0 Å². The fourth-order valence-corrected chi connectivity index (χ4v) is 3.86. The van der Waals surface area contributed by atoms with Crippen molar-refractivity contribution in [3.8, 4) is 0 Å². The smallest absolute Gasteiger partial charge is 0.227 e. The highest BCUT2D eigenvalue weighted by Gasteiger charge is 2.33. The van der Waals surface area contributed by atoms with E-state index >= 15 is 0 Å². The SMILES string of the molecule is CC1NCCC1C(=O)N1CCCS(=O)(=O)CC1. The zero-order chi connectivity index (χ0) is 12.5. The molecule has 2 rings (SSSR count). The van der Waals surface area contributed by atoms with Crippen molar-refractivity contribution in [1.29, 1.82) is 0 Å². The molecule has 98 valence electrons. The first-order chi connectivity index (χ1) is 7.99. The van der Waals surface area contributed by atoms with Gasteiger partial charge in [-0.05, 0) is 26.3 Å². The van der Waals surface area contributed by atoms with Crippen LogP contribution >= 0.6 is 0 Å². The van der Waals surface area contributed by atoms with Gasteiger partial charge >= 0.3 is 0 Å². The van der Waals surface area contributed by atoms with E-state index in [4.69, 9.17) is 0 Å². The highest BCUT2D eigenvalue weighted by atomic mass is 32.2. The number of carbonyl (C=O) groups is 1. The Balaban J connectivity index is 2.00. The summed E-state index contributed by atoms with van der Waals surface area (Å²) in [4.78, 5) is 14.0. The van der Waals surface area contributed by atoms with Gasteiger partial charge in [0.15, 0.2) is 9.84 Å². The van der Waals surface area contributed by atoms with E-state index in [0.29, 0.717) is 19.5 Å². The molecule has 0 aromatic rings. The molecule has 0 bridgehead atoms. The molecule has 6 heteroatoms. The highest BCUT2D eigenvalue weighted by Crippen LogP contribution is 2.19. The number of carbonyl (C=O) groups excluding carboxylic acids is 1. The Hall–Kier alpha value is -0.620. The molecule has 1 N–H and O–H groups in total. The molecular weight excluding hydrogens is 240 g/mol. The summed E-state index contributed by atoms with van der Waals surface area (Å²) in [5.41, 5.74) is 0. The zero-order valence-corrected chi connectivity index (χ0v) is 11.0. The lowest BCUT2D eigenvalue weighted by Gasteiger charge is -2.25. The molecule has 5 nitrogen and oxygen atoms in total. The molecule has 2 aliphatic rings. The van der Waals surface area contributed by atoms with Gasteiger partial charge in [-0.15, -0.1) is 0 Å². The molecule has 0 aliphatic carbocycles. The van der Waals surface area contributed by atoms with Crippen molar-refractivity contribution in [3.63, 3.8) is 0 Å². The van der Waals surface area contributed by atoms with Gasteiger partial charge in [0.1, 0.15) is 0 Å². The second-order valence-corrected chi connectivity index (χ2v) is 7.27. The van der Waals surface area contributed by atoms with Crippen molar-refractivity contribution >= 4 is 15.7 Å². The lowest BCUT2D eigenvalue weighted by atomic mass is 10.0. The number of hydrogen-bond acceptors (Lipinski definition) is 4. The Morgan fingerprint density at radius 1 is 1.29 bits per heavy atom. The Morgan fingerprint density at radius 3 is 2.71 bits per heavy atom. The quantitative estimate of drug-likeness (QED) is 0.698. The van der Waals surface area contributed by atoms with Crippen molar-refractivity contribution in [2.45, 2.75) is 25.8 Å². The van der Waals surface area contributed by atoms with Crippen LogP contribution in [0.25, 0.3) is 0 Å². The maximum Gasteiger partial charge on any atom is 0.227 e. The molecular formula is C11H20N2O3S. The molecule has 0 spiro atoms. The maximum absolute atomic E-state index is 12.3. The van der Waals surface area contributed by atoms with Crippen LogP contribution in [-0.2, 0) is 14.6 Å². The molecule has 0 radical (unpaired) electrons. The van der Waals surface area contributed by atoms with E-state index in [2.05, 4.69) is 5.32 Å². The summed E-state index contributed by atoms with van der Waals surface area (Å²) in [5.74, 6) is 0.484. The third-order valence-electron chi connectivity index (χ3n) is 3.71. The number of hydrogen-bond donors (Lipinski definition) is 1. The predicted molar refractivity (Wildman–Crippen MR) is 65.4 cm³/mol. The molecule has 2 aliphatic heterocycles. The molecule has 2 saturated heterocycles. The third kappa shape index (κ3) is 2.98. The molecule has 2 unspecified atom stereocenters. The molecule has 0 aromatic carbocycles. The Bertz CT molecular complexity index is 394. The summed E-state index contributed by atoms with van der Waals surface area (Å²) in [5, 5.41) is 3.26. The van der Waals surface area contributed by atoms with Gasteiger partial charge in [0, 0.05) is 19.1 Å². The molecule has 0 saturated carbocycles. The van der Waals surface area contributed by atoms with E-state index in [-0.39, 0.29) is 29.4 Å². The Labute approximate surface area is 102 Å². The lowest BCUT2D eigenvalue weighted by Crippen LogP contribution is -2.41. The zero-order valence-electron chi connectivity index (χ0n) is 10.2. The summed E-state index contributed by atoms with van der Waals surface area (Å²) < 4.78 is 22.9. The van der Waals surface area contributed by atoms with E-state index in [1.165, 1.54) is 0 Å². The van der Waals surface area contributed by atoms with Gasteiger partial charge < -0.3 is 10.2 Å². The van der Waals surface area contributed by atoms with E-state index < -0.39 is 9.84 Å². The van der Waals surface area contributed by atoms with E-state index in [1.54, 1.807) is 4.90 Å². The Kier molecular flexibility index (Phi) is 3.73. The predicted octanol–water partition coefficient (Wildman–Crippen LogP) is -0.368. The van der Waals surface area contributed by atoms with Gasteiger partial charge in [-0.25, -0.2) is 8.42 Å². The number of nitrogens with zero attached hydrogens (tertiary/aromatic N) is 1. The van der Waals surface area contributed by atoms with E-state index in [9.17, 15) is 13.2 Å². The molecule has 2 fully saturated rings. The van der Waals surface area contributed by atoms with Crippen LogP contribution in [-0.4, -0.2) is 56.4 Å². The standard InChI is InChI=1S/C11H20N2O3S/c1-9-10(3-4-12-9)11(14)13-5-2-7-17(15,16)8-6-13/h9-10,12H,2-8H2,1H3. The first kappa shape index (κ1) is 12.8. The summed E-state index contributed by atoms with van der Waals surface area (Å²) in [7, 11) is -2.93. The number of sulfone groups is 1. The number of rotatable bonds is 1. The minimum atomic E-state index is -2.93. The third-order valence-corrected chi connectivity index (χ3v) is 5.42. The topological polar surface area (TPSA) is 66.5 Å². The first-order valence-electron chi connectivity index (χ1n) is 6.22. The molecule has 1 amide bonds. The van der Waals surface area contributed by atoms with Gasteiger partial charge in [0.05, 0.1) is 17.4 Å². The Morgan fingerprint density at radius 2 is 2.06 bits per heavy atom. The van der Waals surface area contributed by atoms with E-state index in [1.807, 2.05) is 6.92 Å². The largest absolute Gasteiger partial charge is 0.341 e. The van der Waals surface area contributed by atoms with Gasteiger partial charge in [-0.3, -0.25) is 4.79 Å². The van der Waals surface area contributed by atoms with Gasteiger partial charge in [0.25, 0.3) is 0 Å². The van der Waals surface area contributed by atoms with Gasteiger partial charge in [-0.1, -0.05) is 0 Å². The molecule has 2 atom stereocenters. The molecule has 17 heavy (non-hydrogen) atoms. The number of nitrogens with one attached hydrogen (secondary N) is 1. The minimum Gasteiger partial charge on any atom is -0.341 e. The van der Waals surface area contributed by atoms with Crippen molar-refractivity contribution in [2.75, 3.05) is 31.1 Å². The van der Waals surface area contributed by atoms with Crippen LogP contribution in [0.15, 0.2) is 0 Å². The van der Waals surface area contributed by atoms with Crippen LogP contribution in [0.1, 0.15) is 19.8 Å². The average Bonchev–Trinajstić information content (AvgIpc) is 2.59. The maximum atomic E-state index is 12.3. The van der Waals surface area contributed by atoms with Crippen molar-refractivity contribution < 1.29 is 13.2 Å². The summed E-state index contributed by atoms with van der Waals surface area (Å²) in [6.07, 6.45) is 1.44. The van der Waals surface area contributed by atoms with Crippen LogP contribution in [0.4, 0.5) is 0 Å². The second-order valence-electron chi connectivity index (χ2n) is 4.97. The minimum absolute atomic E-state index is 0.0239. The van der Waals surface area contributed by atoms with Crippen molar-refractivity contribution in [3.05, 3.63) is 0 Å². The van der Waals surface area contributed by atoms with Gasteiger partial charge in [0.2, 0.25) is 5.91 Å². The van der Waals surface area contributed by atoms with Crippen molar-refractivity contribution in [1.82, 2.24) is 10.2 Å². The molecule has 2 heterocycles. The van der Waals surface area contributed by atoms with Crippen LogP contribution in [0.5, 0.6) is 0 Å². The van der Waals surface area contributed by atoms with Crippen molar-refractivity contribution in [2.24, 2.45) is 5.92 Å². The summed E-state index contributed by atoms with van der Waals surface area (Å²) in [6, 6.07) is 0.211. The average molecular weight is 260 g/mol. The van der Waals surface area contributed by atoms with Crippen LogP contribution in [0, 0.1) is 5.92 Å². The van der Waals surface area contributed by atoms with E-state index in [0.717, 1.165) is 13.0 Å². The normalized spacial score (nSPS) is 33.4. The molecule has 0 aromatic heterocycles. The summed E-state index contributed by atoms with van der Waals surface area (Å²) in [6.45, 7) is 3.85. The van der Waals surface area contributed by atoms with Crippen LogP contribution < -0.4 is 5.32 Å². The number of amides is 1. The van der Waals surface area contributed by atoms with Crippen LogP contribution in [0.2, 0.25) is 0 Å². The fraction of sp³-hybridized carbons (Fsp3) is 0.909. The fourth-order valence-electron chi connectivity index (χ4n) is 2.59. The first-order valence-corrected chi connectivity index (χ1v) is 8.04. The monoisotopic (exact) mass is 260 g/mol.